The monoisotopic (exact) mass is 299 g/mol. The van der Waals surface area contributed by atoms with Crippen molar-refractivity contribution in [1.82, 2.24) is 9.97 Å². The van der Waals surface area contributed by atoms with Gasteiger partial charge in [-0.2, -0.15) is 0 Å². The summed E-state index contributed by atoms with van der Waals surface area (Å²) in [7, 11) is -3.12. The highest BCUT2D eigenvalue weighted by Gasteiger charge is 2.30. The molecule has 0 unspecified atom stereocenters. The maximum atomic E-state index is 11.7. The van der Waals surface area contributed by atoms with Gasteiger partial charge in [0.15, 0.2) is 9.84 Å². The zero-order valence-electron chi connectivity index (χ0n) is 11.4. The quantitative estimate of drug-likeness (QED) is 0.937. The van der Waals surface area contributed by atoms with Gasteiger partial charge >= 0.3 is 0 Å². The number of hydrogen-bond acceptors (Lipinski definition) is 6. The molecule has 0 fully saturated rings. The Labute approximate surface area is 117 Å². The fourth-order valence-corrected chi connectivity index (χ4v) is 2.83. The molecule has 0 aliphatic rings. The van der Waals surface area contributed by atoms with E-state index in [1.807, 2.05) is 12.3 Å². The van der Waals surface area contributed by atoms with E-state index in [0.717, 1.165) is 15.8 Å². The van der Waals surface area contributed by atoms with Crippen molar-refractivity contribution in [3.8, 4) is 0 Å². The van der Waals surface area contributed by atoms with Gasteiger partial charge in [-0.3, -0.25) is 0 Å². The lowest BCUT2D eigenvalue weighted by atomic mass is 10.2. The molecule has 0 saturated heterocycles. The summed E-state index contributed by atoms with van der Waals surface area (Å²) in [6.45, 7) is 5.71. The minimum atomic E-state index is -3.12. The van der Waals surface area contributed by atoms with Gasteiger partial charge in [-0.25, -0.2) is 18.4 Å². The molecule has 0 aliphatic heterocycles. The molecule has 19 heavy (non-hydrogen) atoms. The lowest BCUT2D eigenvalue weighted by Gasteiger charge is -2.23. The molecule has 104 valence electrons. The second-order valence-corrected chi connectivity index (χ2v) is 8.73. The van der Waals surface area contributed by atoms with E-state index in [-0.39, 0.29) is 0 Å². The van der Waals surface area contributed by atoms with Crippen LogP contribution in [-0.4, -0.2) is 35.9 Å². The van der Waals surface area contributed by atoms with E-state index < -0.39 is 14.6 Å². The SMILES string of the molecule is Cc1csc2c(NCC(C)(C)S(C)(=O)=O)ncnc12. The number of nitrogens with one attached hydrogen (secondary N) is 1. The third kappa shape index (κ3) is 2.71. The molecule has 2 heterocycles. The van der Waals surface area contributed by atoms with Crippen LogP contribution in [0, 0.1) is 6.92 Å². The highest BCUT2D eigenvalue weighted by atomic mass is 32.2. The number of anilines is 1. The van der Waals surface area contributed by atoms with E-state index in [2.05, 4.69) is 15.3 Å². The lowest BCUT2D eigenvalue weighted by Crippen LogP contribution is -2.38. The van der Waals surface area contributed by atoms with E-state index in [0.29, 0.717) is 12.4 Å². The van der Waals surface area contributed by atoms with Crippen molar-refractivity contribution < 1.29 is 8.42 Å². The average Bonchev–Trinajstić information content (AvgIpc) is 2.68. The fraction of sp³-hybridized carbons (Fsp3) is 0.500. The van der Waals surface area contributed by atoms with E-state index in [1.165, 1.54) is 12.6 Å². The first-order valence-electron chi connectivity index (χ1n) is 5.84. The molecule has 0 spiro atoms. The Morgan fingerprint density at radius 3 is 2.68 bits per heavy atom. The molecule has 0 aromatic carbocycles. The molecule has 1 N–H and O–H groups in total. The molecule has 5 nitrogen and oxygen atoms in total. The molecule has 0 saturated carbocycles. The first-order chi connectivity index (χ1) is 8.72. The van der Waals surface area contributed by atoms with Gasteiger partial charge in [0, 0.05) is 12.8 Å². The van der Waals surface area contributed by atoms with Crippen molar-refractivity contribution in [2.24, 2.45) is 0 Å². The summed E-state index contributed by atoms with van der Waals surface area (Å²) in [6, 6.07) is 0. The summed E-state index contributed by atoms with van der Waals surface area (Å²) in [6.07, 6.45) is 2.75. The van der Waals surface area contributed by atoms with Crippen LogP contribution < -0.4 is 5.32 Å². The van der Waals surface area contributed by atoms with Crippen molar-refractivity contribution in [3.63, 3.8) is 0 Å². The Morgan fingerprint density at radius 2 is 2.05 bits per heavy atom. The average molecular weight is 299 g/mol. The summed E-state index contributed by atoms with van der Waals surface area (Å²) in [5, 5.41) is 5.15. The van der Waals surface area contributed by atoms with Crippen molar-refractivity contribution in [2.45, 2.75) is 25.5 Å². The standard InChI is InChI=1S/C12H17N3O2S2/c1-8-5-18-10-9(8)14-7-15-11(10)13-6-12(2,3)19(4,16)17/h5,7H,6H2,1-4H3,(H,13,14,15). The first kappa shape index (κ1) is 14.2. The largest absolute Gasteiger partial charge is 0.367 e. The second-order valence-electron chi connectivity index (χ2n) is 5.20. The number of thiophene rings is 1. The Bertz CT molecular complexity index is 705. The molecule has 7 heteroatoms. The van der Waals surface area contributed by atoms with Gasteiger partial charge in [0.1, 0.15) is 12.1 Å². The summed E-state index contributed by atoms with van der Waals surface area (Å²) in [4.78, 5) is 8.43. The normalized spacial score (nSPS) is 12.8. The van der Waals surface area contributed by atoms with Gasteiger partial charge in [-0.15, -0.1) is 11.3 Å². The van der Waals surface area contributed by atoms with Crippen molar-refractivity contribution in [1.29, 1.82) is 0 Å². The van der Waals surface area contributed by atoms with E-state index >= 15 is 0 Å². The van der Waals surface area contributed by atoms with Crippen LogP contribution in [0.5, 0.6) is 0 Å². The van der Waals surface area contributed by atoms with Crippen LogP contribution in [0.15, 0.2) is 11.7 Å². The van der Waals surface area contributed by atoms with Crippen LogP contribution in [0.25, 0.3) is 10.2 Å². The van der Waals surface area contributed by atoms with Crippen molar-refractivity contribution in [2.75, 3.05) is 18.1 Å². The zero-order valence-corrected chi connectivity index (χ0v) is 13.0. The van der Waals surface area contributed by atoms with Gasteiger partial charge in [-0.1, -0.05) is 0 Å². The Morgan fingerprint density at radius 1 is 1.37 bits per heavy atom. The van der Waals surface area contributed by atoms with Crippen LogP contribution in [0.4, 0.5) is 5.82 Å². The highest BCUT2D eigenvalue weighted by Crippen LogP contribution is 2.29. The topological polar surface area (TPSA) is 72.0 Å². The van der Waals surface area contributed by atoms with Gasteiger partial charge in [0.05, 0.1) is 15.0 Å². The van der Waals surface area contributed by atoms with Gasteiger partial charge in [0.2, 0.25) is 0 Å². The Balaban J connectivity index is 2.28. The molecule has 2 aromatic rings. The van der Waals surface area contributed by atoms with Crippen molar-refractivity contribution >= 4 is 37.2 Å². The van der Waals surface area contributed by atoms with E-state index in [9.17, 15) is 8.42 Å². The van der Waals surface area contributed by atoms with Gasteiger partial charge in [0.25, 0.3) is 0 Å². The number of rotatable bonds is 4. The smallest absolute Gasteiger partial charge is 0.154 e. The number of aryl methyl sites for hydroxylation is 1. The number of hydrogen-bond donors (Lipinski definition) is 1. The summed E-state index contributed by atoms with van der Waals surface area (Å²) >= 11 is 1.56. The van der Waals surface area contributed by atoms with Crippen LogP contribution in [-0.2, 0) is 9.84 Å². The predicted octanol–water partition coefficient (Wildman–Crippen LogP) is 2.23. The minimum absolute atomic E-state index is 0.314. The number of aromatic nitrogens is 2. The molecule has 0 atom stereocenters. The molecule has 0 aliphatic carbocycles. The second kappa shape index (κ2) is 4.72. The zero-order chi connectivity index (χ0) is 14.3. The molecular weight excluding hydrogens is 282 g/mol. The summed E-state index contributed by atoms with van der Waals surface area (Å²) in [5.74, 6) is 0.694. The van der Waals surface area contributed by atoms with Crippen LogP contribution in [0.3, 0.4) is 0 Å². The predicted molar refractivity (Wildman–Crippen MR) is 79.6 cm³/mol. The summed E-state index contributed by atoms with van der Waals surface area (Å²) in [5.41, 5.74) is 2.02. The van der Waals surface area contributed by atoms with Gasteiger partial charge in [-0.05, 0) is 31.7 Å². The molecule has 0 amide bonds. The van der Waals surface area contributed by atoms with Crippen molar-refractivity contribution in [3.05, 3.63) is 17.3 Å². The molecule has 2 aromatic heterocycles. The number of fused-ring (bicyclic) bond motifs is 1. The highest BCUT2D eigenvalue weighted by molar-refractivity contribution is 7.92. The number of sulfone groups is 1. The van der Waals surface area contributed by atoms with Gasteiger partial charge < -0.3 is 5.32 Å². The maximum absolute atomic E-state index is 11.7. The third-order valence-electron chi connectivity index (χ3n) is 3.22. The molecule has 2 rings (SSSR count). The molecule has 0 radical (unpaired) electrons. The lowest BCUT2D eigenvalue weighted by molar-refractivity contribution is 0.559. The maximum Gasteiger partial charge on any atom is 0.154 e. The third-order valence-corrected chi connectivity index (χ3v) is 6.46. The summed E-state index contributed by atoms with van der Waals surface area (Å²) < 4.78 is 23.5. The Hall–Kier alpha value is -1.21. The van der Waals surface area contributed by atoms with Crippen LogP contribution in [0.2, 0.25) is 0 Å². The van der Waals surface area contributed by atoms with Crippen LogP contribution in [0.1, 0.15) is 19.4 Å². The minimum Gasteiger partial charge on any atom is -0.367 e. The fourth-order valence-electron chi connectivity index (χ4n) is 1.52. The molecular formula is C12H17N3O2S2. The number of nitrogens with zero attached hydrogens (tertiary/aromatic N) is 2. The van der Waals surface area contributed by atoms with E-state index in [1.54, 1.807) is 25.2 Å². The first-order valence-corrected chi connectivity index (χ1v) is 8.62. The Kier molecular flexibility index (Phi) is 3.53. The molecule has 0 bridgehead atoms. The van der Waals surface area contributed by atoms with E-state index in [4.69, 9.17) is 0 Å². The van der Waals surface area contributed by atoms with Crippen LogP contribution >= 0.6 is 11.3 Å².